The molecule has 0 aromatic heterocycles. The predicted octanol–water partition coefficient (Wildman–Crippen LogP) is 4.51. The van der Waals surface area contributed by atoms with Gasteiger partial charge in [-0.1, -0.05) is 35.3 Å². The van der Waals surface area contributed by atoms with Crippen molar-refractivity contribution in [2.45, 2.75) is 19.3 Å². The van der Waals surface area contributed by atoms with Crippen molar-refractivity contribution in [3.8, 4) is 5.75 Å². The van der Waals surface area contributed by atoms with Crippen LogP contribution in [0.4, 0.5) is 0 Å². The van der Waals surface area contributed by atoms with Gasteiger partial charge < -0.3 is 10.1 Å². The molecule has 0 saturated heterocycles. The van der Waals surface area contributed by atoms with Crippen molar-refractivity contribution >= 4 is 29.1 Å². The first-order valence-corrected chi connectivity index (χ1v) is 8.28. The summed E-state index contributed by atoms with van der Waals surface area (Å²) < 4.78 is 5.55. The summed E-state index contributed by atoms with van der Waals surface area (Å²) in [6.45, 7) is 1.13. The first kappa shape index (κ1) is 17.6. The first-order chi connectivity index (χ1) is 11.1. The molecule has 2 aromatic rings. The molecule has 0 spiro atoms. The van der Waals surface area contributed by atoms with Crippen molar-refractivity contribution in [1.82, 2.24) is 5.32 Å². The van der Waals surface area contributed by atoms with Gasteiger partial charge in [0.15, 0.2) is 0 Å². The Morgan fingerprint density at radius 1 is 0.957 bits per heavy atom. The fourth-order valence-electron chi connectivity index (χ4n) is 2.04. The van der Waals surface area contributed by atoms with Gasteiger partial charge >= 0.3 is 0 Å². The molecule has 0 unspecified atom stereocenters. The molecule has 2 aromatic carbocycles. The van der Waals surface area contributed by atoms with Crippen LogP contribution in [-0.4, -0.2) is 19.1 Å². The van der Waals surface area contributed by atoms with Crippen molar-refractivity contribution in [1.29, 1.82) is 0 Å². The molecule has 0 aliphatic carbocycles. The Balaban J connectivity index is 1.56. The quantitative estimate of drug-likeness (QED) is 0.710. The summed E-state index contributed by atoms with van der Waals surface area (Å²) in [7, 11) is 0. The van der Waals surface area contributed by atoms with Crippen LogP contribution in [0.3, 0.4) is 0 Å². The van der Waals surface area contributed by atoms with Crippen molar-refractivity contribution in [2.24, 2.45) is 0 Å². The number of amides is 1. The number of nitrogens with one attached hydrogen (secondary N) is 1. The summed E-state index contributed by atoms with van der Waals surface area (Å²) in [4.78, 5) is 11.7. The lowest BCUT2D eigenvalue weighted by Crippen LogP contribution is -2.25. The predicted molar refractivity (Wildman–Crippen MR) is 94.3 cm³/mol. The minimum atomic E-state index is 0.0404. The van der Waals surface area contributed by atoms with Crippen LogP contribution in [0.15, 0.2) is 48.5 Å². The highest BCUT2D eigenvalue weighted by molar-refractivity contribution is 6.30. The maximum Gasteiger partial charge on any atom is 0.220 e. The van der Waals surface area contributed by atoms with Crippen LogP contribution in [0.5, 0.6) is 5.75 Å². The van der Waals surface area contributed by atoms with Crippen LogP contribution in [0.2, 0.25) is 10.0 Å². The zero-order valence-electron chi connectivity index (χ0n) is 12.7. The lowest BCUT2D eigenvalue weighted by Gasteiger charge is -2.07. The molecule has 0 aliphatic heterocycles. The van der Waals surface area contributed by atoms with Gasteiger partial charge in [0.1, 0.15) is 5.75 Å². The van der Waals surface area contributed by atoms with Gasteiger partial charge in [-0.3, -0.25) is 4.79 Å². The van der Waals surface area contributed by atoms with E-state index in [4.69, 9.17) is 27.9 Å². The molecule has 2 rings (SSSR count). The number of carbonyl (C=O) groups excluding carboxylic acids is 1. The molecule has 5 heteroatoms. The van der Waals surface area contributed by atoms with E-state index in [2.05, 4.69) is 5.32 Å². The fourth-order valence-corrected chi connectivity index (χ4v) is 2.29. The van der Waals surface area contributed by atoms with Crippen molar-refractivity contribution < 1.29 is 9.53 Å². The average Bonchev–Trinajstić information content (AvgIpc) is 2.55. The lowest BCUT2D eigenvalue weighted by atomic mass is 10.1. The van der Waals surface area contributed by atoms with Gasteiger partial charge in [-0.05, 0) is 54.8 Å². The molecule has 23 heavy (non-hydrogen) atoms. The van der Waals surface area contributed by atoms with E-state index in [1.807, 2.05) is 36.4 Å². The van der Waals surface area contributed by atoms with Crippen molar-refractivity contribution in [2.75, 3.05) is 13.2 Å². The Labute approximate surface area is 146 Å². The molecule has 0 aliphatic rings. The minimum Gasteiger partial charge on any atom is -0.494 e. The Morgan fingerprint density at radius 3 is 2.22 bits per heavy atom. The Morgan fingerprint density at radius 2 is 1.57 bits per heavy atom. The molecule has 0 heterocycles. The van der Waals surface area contributed by atoms with Crippen LogP contribution < -0.4 is 10.1 Å². The van der Waals surface area contributed by atoms with E-state index in [9.17, 15) is 4.79 Å². The van der Waals surface area contributed by atoms with E-state index in [-0.39, 0.29) is 5.91 Å². The Bertz CT molecular complexity index is 612. The highest BCUT2D eigenvalue weighted by atomic mass is 35.5. The second kappa shape index (κ2) is 9.43. The van der Waals surface area contributed by atoms with Gasteiger partial charge in [0.2, 0.25) is 5.91 Å². The summed E-state index contributed by atoms with van der Waals surface area (Å²) in [5.41, 5.74) is 1.15. The van der Waals surface area contributed by atoms with Gasteiger partial charge in [-0.25, -0.2) is 0 Å². The number of ether oxygens (including phenoxy) is 1. The molecular formula is C18H19Cl2NO2. The van der Waals surface area contributed by atoms with E-state index in [1.165, 1.54) is 0 Å². The molecule has 0 fully saturated rings. The van der Waals surface area contributed by atoms with Gasteiger partial charge in [-0.15, -0.1) is 0 Å². The Kier molecular flexibility index (Phi) is 7.24. The van der Waals surface area contributed by atoms with Gasteiger partial charge in [0.25, 0.3) is 0 Å². The molecule has 3 nitrogen and oxygen atoms in total. The van der Waals surface area contributed by atoms with Crippen LogP contribution in [-0.2, 0) is 11.2 Å². The van der Waals surface area contributed by atoms with Crippen LogP contribution in [0.25, 0.3) is 0 Å². The summed E-state index contributed by atoms with van der Waals surface area (Å²) in [5, 5.41) is 4.31. The monoisotopic (exact) mass is 351 g/mol. The molecule has 0 saturated carbocycles. The molecule has 0 bridgehead atoms. The number of halogens is 2. The average molecular weight is 352 g/mol. The maximum absolute atomic E-state index is 11.7. The standard InChI is InChI=1S/C18H19Cl2NO2/c19-15-5-3-14(4-6-15)11-12-21-18(22)2-1-13-23-17-9-7-16(20)8-10-17/h3-10H,1-2,11-13H2,(H,21,22). The Hall–Kier alpha value is -1.71. The summed E-state index contributed by atoms with van der Waals surface area (Å²) in [6, 6.07) is 14.8. The van der Waals surface area contributed by atoms with Crippen LogP contribution in [0.1, 0.15) is 18.4 Å². The topological polar surface area (TPSA) is 38.3 Å². The van der Waals surface area contributed by atoms with Crippen LogP contribution in [0, 0.1) is 0 Å². The summed E-state index contributed by atoms with van der Waals surface area (Å²) >= 11 is 11.6. The number of hydrogen-bond acceptors (Lipinski definition) is 2. The van der Waals surface area contributed by atoms with Crippen molar-refractivity contribution in [3.63, 3.8) is 0 Å². The molecule has 122 valence electrons. The number of carbonyl (C=O) groups is 1. The summed E-state index contributed by atoms with van der Waals surface area (Å²) in [6.07, 6.45) is 1.92. The zero-order valence-corrected chi connectivity index (χ0v) is 14.2. The summed E-state index contributed by atoms with van der Waals surface area (Å²) in [5.74, 6) is 0.802. The van der Waals surface area contributed by atoms with E-state index < -0.39 is 0 Å². The van der Waals surface area contributed by atoms with Crippen LogP contribution >= 0.6 is 23.2 Å². The molecule has 1 amide bonds. The highest BCUT2D eigenvalue weighted by Crippen LogP contribution is 2.15. The number of rotatable bonds is 8. The lowest BCUT2D eigenvalue weighted by molar-refractivity contribution is -0.121. The third-order valence-electron chi connectivity index (χ3n) is 3.28. The largest absolute Gasteiger partial charge is 0.494 e. The third kappa shape index (κ3) is 6.93. The van der Waals surface area contributed by atoms with E-state index >= 15 is 0 Å². The first-order valence-electron chi connectivity index (χ1n) is 7.53. The molecule has 1 N–H and O–H groups in total. The fraction of sp³-hybridized carbons (Fsp3) is 0.278. The highest BCUT2D eigenvalue weighted by Gasteiger charge is 2.02. The molecular weight excluding hydrogens is 333 g/mol. The SMILES string of the molecule is O=C(CCCOc1ccc(Cl)cc1)NCCc1ccc(Cl)cc1. The number of hydrogen-bond donors (Lipinski definition) is 1. The normalized spacial score (nSPS) is 10.3. The smallest absolute Gasteiger partial charge is 0.220 e. The van der Waals surface area contributed by atoms with Gasteiger partial charge in [0, 0.05) is 23.0 Å². The number of benzene rings is 2. The maximum atomic E-state index is 11.7. The molecule has 0 radical (unpaired) electrons. The van der Waals surface area contributed by atoms with Gasteiger partial charge in [-0.2, -0.15) is 0 Å². The molecule has 0 atom stereocenters. The zero-order chi connectivity index (χ0) is 16.5. The minimum absolute atomic E-state index is 0.0404. The van der Waals surface area contributed by atoms with E-state index in [1.54, 1.807) is 12.1 Å². The van der Waals surface area contributed by atoms with E-state index in [0.29, 0.717) is 31.0 Å². The third-order valence-corrected chi connectivity index (χ3v) is 3.78. The van der Waals surface area contributed by atoms with Crippen molar-refractivity contribution in [3.05, 3.63) is 64.1 Å². The van der Waals surface area contributed by atoms with E-state index in [0.717, 1.165) is 22.8 Å². The van der Waals surface area contributed by atoms with Gasteiger partial charge in [0.05, 0.1) is 6.61 Å². The second-order valence-electron chi connectivity index (χ2n) is 5.13. The second-order valence-corrected chi connectivity index (χ2v) is 6.01.